The number of amides is 1. The summed E-state index contributed by atoms with van der Waals surface area (Å²) in [5.74, 6) is -1.63. The molecule has 6 nitrogen and oxygen atoms in total. The molecular weight excluding hydrogens is 258 g/mol. The molecule has 1 amide bonds. The Hall–Kier alpha value is -1.89. The van der Waals surface area contributed by atoms with Crippen LogP contribution in [-0.2, 0) is 9.59 Å². The zero-order valence-electron chi connectivity index (χ0n) is 9.58. The lowest BCUT2D eigenvalue weighted by molar-refractivity contribution is -0.140. The first-order chi connectivity index (χ1) is 8.40. The van der Waals surface area contributed by atoms with E-state index < -0.39 is 17.9 Å². The van der Waals surface area contributed by atoms with E-state index in [-0.39, 0.29) is 17.3 Å². The Morgan fingerprint density at radius 2 is 2.06 bits per heavy atom. The normalized spacial score (nSPS) is 11.8. The highest BCUT2D eigenvalue weighted by Crippen LogP contribution is 2.31. The molecule has 0 radical (unpaired) electrons. The zero-order valence-corrected chi connectivity index (χ0v) is 10.4. The van der Waals surface area contributed by atoms with E-state index in [1.807, 2.05) is 0 Å². The molecular formula is C11H13NO5S. The van der Waals surface area contributed by atoms with Crippen LogP contribution in [0.15, 0.2) is 23.1 Å². The maximum Gasteiger partial charge on any atom is 0.327 e. The summed E-state index contributed by atoms with van der Waals surface area (Å²) >= 11 is 1.03. The number of rotatable bonds is 5. The first kappa shape index (κ1) is 14.2. The Balaban J connectivity index is 2.69. The number of phenolic OH excluding ortho intramolecular Hbond substituents is 2. The standard InChI is InChI=1S/C11H13NO5S/c1-6(13)12-8(11(16)17)5-18-10-4-7(14)2-3-9(10)15/h2-4,8,14-15H,5H2,1H3,(H,12,13)(H,16,17)/t8-/m0/s1. The molecule has 98 valence electrons. The van der Waals surface area contributed by atoms with Gasteiger partial charge in [-0.25, -0.2) is 4.79 Å². The minimum absolute atomic E-state index is 0.0262. The van der Waals surface area contributed by atoms with E-state index in [9.17, 15) is 19.8 Å². The molecule has 4 N–H and O–H groups in total. The van der Waals surface area contributed by atoms with Crippen LogP contribution < -0.4 is 5.32 Å². The Labute approximate surface area is 108 Å². The van der Waals surface area contributed by atoms with Gasteiger partial charge in [0.25, 0.3) is 0 Å². The third-order valence-electron chi connectivity index (χ3n) is 2.02. The van der Waals surface area contributed by atoms with Crippen molar-refractivity contribution in [1.82, 2.24) is 5.32 Å². The van der Waals surface area contributed by atoms with E-state index in [4.69, 9.17) is 5.11 Å². The highest BCUT2D eigenvalue weighted by molar-refractivity contribution is 7.99. The van der Waals surface area contributed by atoms with Crippen molar-refractivity contribution >= 4 is 23.6 Å². The molecule has 0 saturated carbocycles. The summed E-state index contributed by atoms with van der Waals surface area (Å²) in [5.41, 5.74) is 0. The summed E-state index contributed by atoms with van der Waals surface area (Å²) in [6.45, 7) is 1.23. The fraction of sp³-hybridized carbons (Fsp3) is 0.273. The Kier molecular flexibility index (Phi) is 4.85. The van der Waals surface area contributed by atoms with Gasteiger partial charge in [-0.15, -0.1) is 11.8 Å². The smallest absolute Gasteiger partial charge is 0.327 e. The molecule has 1 rings (SSSR count). The number of benzene rings is 1. The predicted octanol–water partition coefficient (Wildman–Crippen LogP) is 0.779. The molecule has 0 bridgehead atoms. The zero-order chi connectivity index (χ0) is 13.7. The number of nitrogens with one attached hydrogen (secondary N) is 1. The molecule has 0 unspecified atom stereocenters. The quantitative estimate of drug-likeness (QED) is 0.465. The van der Waals surface area contributed by atoms with Crippen molar-refractivity contribution in [2.75, 3.05) is 5.75 Å². The number of aliphatic carboxylic acids is 1. The van der Waals surface area contributed by atoms with Crippen molar-refractivity contribution in [2.24, 2.45) is 0 Å². The Morgan fingerprint density at radius 3 is 2.61 bits per heavy atom. The Morgan fingerprint density at radius 1 is 1.39 bits per heavy atom. The van der Waals surface area contributed by atoms with Gasteiger partial charge in [-0.05, 0) is 18.2 Å². The summed E-state index contributed by atoms with van der Waals surface area (Å²) in [4.78, 5) is 22.0. The average Bonchev–Trinajstić information content (AvgIpc) is 2.27. The maximum absolute atomic E-state index is 10.9. The summed E-state index contributed by atoms with van der Waals surface area (Å²) in [7, 11) is 0. The number of aromatic hydroxyl groups is 2. The lowest BCUT2D eigenvalue weighted by Crippen LogP contribution is -2.41. The van der Waals surface area contributed by atoms with Gasteiger partial charge in [0.1, 0.15) is 17.5 Å². The van der Waals surface area contributed by atoms with Crippen molar-refractivity contribution in [3.05, 3.63) is 18.2 Å². The fourth-order valence-electron chi connectivity index (χ4n) is 1.21. The minimum Gasteiger partial charge on any atom is -0.508 e. The van der Waals surface area contributed by atoms with Gasteiger partial charge in [0.05, 0.1) is 4.90 Å². The van der Waals surface area contributed by atoms with Gasteiger partial charge < -0.3 is 20.6 Å². The van der Waals surface area contributed by atoms with Gasteiger partial charge in [-0.2, -0.15) is 0 Å². The molecule has 0 aliphatic rings. The first-order valence-electron chi connectivity index (χ1n) is 5.05. The van der Waals surface area contributed by atoms with Crippen LogP contribution in [0.3, 0.4) is 0 Å². The molecule has 0 fully saturated rings. The molecule has 0 saturated heterocycles. The number of carboxylic acid groups (broad SMARTS) is 1. The fourth-order valence-corrected chi connectivity index (χ4v) is 2.20. The molecule has 1 aromatic carbocycles. The van der Waals surface area contributed by atoms with Crippen LogP contribution in [0.2, 0.25) is 0 Å². The number of hydrogen-bond donors (Lipinski definition) is 4. The van der Waals surface area contributed by atoms with E-state index in [2.05, 4.69) is 5.32 Å². The highest BCUT2D eigenvalue weighted by Gasteiger charge is 2.19. The number of carboxylic acids is 1. The van der Waals surface area contributed by atoms with E-state index in [0.29, 0.717) is 4.90 Å². The molecule has 0 spiro atoms. The van der Waals surface area contributed by atoms with Gasteiger partial charge in [-0.3, -0.25) is 4.79 Å². The van der Waals surface area contributed by atoms with Crippen LogP contribution in [0.1, 0.15) is 6.92 Å². The molecule has 0 aliphatic carbocycles. The van der Waals surface area contributed by atoms with Gasteiger partial charge in [0.15, 0.2) is 0 Å². The largest absolute Gasteiger partial charge is 0.508 e. The minimum atomic E-state index is -1.16. The SMILES string of the molecule is CC(=O)N[C@@H](CSc1cc(O)ccc1O)C(=O)O. The van der Waals surface area contributed by atoms with Gasteiger partial charge in [0.2, 0.25) is 5.91 Å². The van der Waals surface area contributed by atoms with E-state index in [1.54, 1.807) is 0 Å². The second kappa shape index (κ2) is 6.15. The summed E-state index contributed by atoms with van der Waals surface area (Å²) in [6.07, 6.45) is 0. The summed E-state index contributed by atoms with van der Waals surface area (Å²) in [6, 6.07) is 2.91. The number of carbonyl (C=O) groups excluding carboxylic acids is 1. The molecule has 1 aromatic rings. The third-order valence-corrected chi connectivity index (χ3v) is 3.16. The number of phenols is 2. The van der Waals surface area contributed by atoms with E-state index in [1.165, 1.54) is 25.1 Å². The first-order valence-corrected chi connectivity index (χ1v) is 6.03. The van der Waals surface area contributed by atoms with Crippen LogP contribution in [0.5, 0.6) is 11.5 Å². The lowest BCUT2D eigenvalue weighted by atomic mass is 10.3. The monoisotopic (exact) mass is 271 g/mol. The molecule has 1 atom stereocenters. The lowest BCUT2D eigenvalue weighted by Gasteiger charge is -2.13. The maximum atomic E-state index is 10.9. The molecule has 18 heavy (non-hydrogen) atoms. The van der Waals surface area contributed by atoms with Gasteiger partial charge >= 0.3 is 5.97 Å². The topological polar surface area (TPSA) is 107 Å². The van der Waals surface area contributed by atoms with Crippen LogP contribution in [0, 0.1) is 0 Å². The third kappa shape index (κ3) is 4.17. The second-order valence-corrected chi connectivity index (χ2v) is 4.62. The molecule has 0 heterocycles. The molecule has 7 heteroatoms. The summed E-state index contributed by atoms with van der Waals surface area (Å²) < 4.78 is 0. The van der Waals surface area contributed by atoms with Gasteiger partial charge in [-0.1, -0.05) is 0 Å². The van der Waals surface area contributed by atoms with Gasteiger partial charge in [0, 0.05) is 12.7 Å². The number of hydrogen-bond acceptors (Lipinski definition) is 5. The molecule has 0 aromatic heterocycles. The van der Waals surface area contributed by atoms with Crippen LogP contribution in [0.4, 0.5) is 0 Å². The Bertz CT molecular complexity index is 463. The van der Waals surface area contributed by atoms with Crippen molar-refractivity contribution in [1.29, 1.82) is 0 Å². The van der Waals surface area contributed by atoms with Crippen molar-refractivity contribution < 1.29 is 24.9 Å². The van der Waals surface area contributed by atoms with E-state index in [0.717, 1.165) is 11.8 Å². The second-order valence-electron chi connectivity index (χ2n) is 3.55. The van der Waals surface area contributed by atoms with Crippen LogP contribution >= 0.6 is 11.8 Å². The van der Waals surface area contributed by atoms with Crippen molar-refractivity contribution in [3.63, 3.8) is 0 Å². The summed E-state index contributed by atoms with van der Waals surface area (Å²) in [5, 5.41) is 29.9. The van der Waals surface area contributed by atoms with Crippen LogP contribution in [0.25, 0.3) is 0 Å². The number of carbonyl (C=O) groups is 2. The number of thioether (sulfide) groups is 1. The van der Waals surface area contributed by atoms with Crippen molar-refractivity contribution in [2.45, 2.75) is 17.9 Å². The molecule has 0 aliphatic heterocycles. The predicted molar refractivity (Wildman–Crippen MR) is 65.7 cm³/mol. The highest BCUT2D eigenvalue weighted by atomic mass is 32.2. The average molecular weight is 271 g/mol. The van der Waals surface area contributed by atoms with Crippen molar-refractivity contribution in [3.8, 4) is 11.5 Å². The van der Waals surface area contributed by atoms with Crippen LogP contribution in [-0.4, -0.2) is 39.0 Å². The van der Waals surface area contributed by atoms with E-state index >= 15 is 0 Å².